The molecule has 0 spiro atoms. The van der Waals surface area contributed by atoms with Crippen molar-refractivity contribution in [3.8, 4) is 0 Å². The van der Waals surface area contributed by atoms with Gasteiger partial charge in [-0.05, 0) is 55.6 Å². The fourth-order valence-electron chi connectivity index (χ4n) is 2.11. The lowest BCUT2D eigenvalue weighted by atomic mass is 9.76. The van der Waals surface area contributed by atoms with E-state index in [1.54, 1.807) is 0 Å². The molecule has 2 rings (SSSR count). The second-order valence-corrected chi connectivity index (χ2v) is 7.29. The van der Waals surface area contributed by atoms with Crippen molar-refractivity contribution in [3.63, 3.8) is 0 Å². The quantitative estimate of drug-likeness (QED) is 0.782. The summed E-state index contributed by atoms with van der Waals surface area (Å²) >= 11 is 3.48. The molecule has 2 heterocycles. The highest BCUT2D eigenvalue weighted by Crippen LogP contribution is 2.37. The van der Waals surface area contributed by atoms with E-state index >= 15 is 0 Å². The van der Waals surface area contributed by atoms with E-state index in [0.717, 1.165) is 15.6 Å². The van der Waals surface area contributed by atoms with Gasteiger partial charge in [-0.3, -0.25) is 4.98 Å². The molecule has 1 saturated heterocycles. The number of nitrogens with zero attached hydrogens (tertiary/aromatic N) is 1. The highest BCUT2D eigenvalue weighted by atomic mass is 79.9. The fourth-order valence-corrected chi connectivity index (χ4v) is 2.46. The van der Waals surface area contributed by atoms with Crippen LogP contribution >= 0.6 is 15.9 Å². The van der Waals surface area contributed by atoms with Crippen LogP contribution in [0.15, 0.2) is 16.7 Å². The lowest BCUT2D eigenvalue weighted by Gasteiger charge is -2.32. The molecule has 0 aromatic carbocycles. The van der Waals surface area contributed by atoms with Crippen molar-refractivity contribution in [1.29, 1.82) is 0 Å². The van der Waals surface area contributed by atoms with Crippen molar-refractivity contribution in [1.82, 2.24) is 4.98 Å². The molecular formula is C14H21BBrNO2. The van der Waals surface area contributed by atoms with Crippen LogP contribution in [0, 0.1) is 0 Å². The Morgan fingerprint density at radius 1 is 1.16 bits per heavy atom. The molecule has 0 bridgehead atoms. The Hall–Kier alpha value is -0.385. The molecule has 0 aliphatic carbocycles. The third-order valence-electron chi connectivity index (χ3n) is 3.97. The first-order chi connectivity index (χ1) is 8.64. The normalized spacial score (nSPS) is 21.2. The third kappa shape index (κ3) is 2.74. The van der Waals surface area contributed by atoms with E-state index < -0.39 is 0 Å². The highest BCUT2D eigenvalue weighted by molar-refractivity contribution is 9.10. The van der Waals surface area contributed by atoms with E-state index in [4.69, 9.17) is 9.31 Å². The molecule has 0 unspecified atom stereocenters. The first-order valence-electron chi connectivity index (χ1n) is 6.65. The zero-order chi connectivity index (χ0) is 14.4. The van der Waals surface area contributed by atoms with Crippen molar-refractivity contribution >= 4 is 28.5 Å². The van der Waals surface area contributed by atoms with Gasteiger partial charge in [0.15, 0.2) is 0 Å². The summed E-state index contributed by atoms with van der Waals surface area (Å²) in [6, 6.07) is 2.05. The average Bonchev–Trinajstić information content (AvgIpc) is 2.47. The van der Waals surface area contributed by atoms with Crippen LogP contribution in [0.4, 0.5) is 0 Å². The van der Waals surface area contributed by atoms with E-state index in [0.29, 0.717) is 5.92 Å². The molecule has 0 saturated carbocycles. The molecule has 0 amide bonds. The smallest absolute Gasteiger partial charge is 0.399 e. The largest absolute Gasteiger partial charge is 0.496 e. The van der Waals surface area contributed by atoms with Gasteiger partial charge in [-0.25, -0.2) is 0 Å². The molecule has 1 fully saturated rings. The van der Waals surface area contributed by atoms with Crippen molar-refractivity contribution in [2.24, 2.45) is 0 Å². The van der Waals surface area contributed by atoms with Gasteiger partial charge in [-0.1, -0.05) is 13.8 Å². The average molecular weight is 326 g/mol. The summed E-state index contributed by atoms with van der Waals surface area (Å²) in [5, 5.41) is 0. The molecule has 104 valence electrons. The van der Waals surface area contributed by atoms with Crippen molar-refractivity contribution < 1.29 is 9.31 Å². The van der Waals surface area contributed by atoms with Crippen LogP contribution in [0.5, 0.6) is 0 Å². The SMILES string of the molecule is CC(C)c1ncc(Br)cc1B1OC(C)(C)C(C)(C)O1. The van der Waals surface area contributed by atoms with Crippen LogP contribution < -0.4 is 5.46 Å². The van der Waals surface area contributed by atoms with Gasteiger partial charge in [0.2, 0.25) is 0 Å². The molecule has 1 aromatic rings. The van der Waals surface area contributed by atoms with E-state index in [-0.39, 0.29) is 18.3 Å². The summed E-state index contributed by atoms with van der Waals surface area (Å²) in [4.78, 5) is 4.51. The molecule has 0 atom stereocenters. The third-order valence-corrected chi connectivity index (χ3v) is 4.40. The van der Waals surface area contributed by atoms with Gasteiger partial charge in [0, 0.05) is 21.8 Å². The second-order valence-electron chi connectivity index (χ2n) is 6.37. The lowest BCUT2D eigenvalue weighted by Crippen LogP contribution is -2.41. The Balaban J connectivity index is 2.41. The molecular weight excluding hydrogens is 305 g/mol. The standard InChI is InChI=1S/C14H21BBrNO2/c1-9(2)12-11(7-10(16)8-17-12)15-18-13(3,4)14(5,6)19-15/h7-9H,1-6H3. The van der Waals surface area contributed by atoms with Crippen molar-refractivity contribution in [3.05, 3.63) is 22.4 Å². The molecule has 1 aliphatic heterocycles. The first-order valence-corrected chi connectivity index (χ1v) is 7.44. The molecule has 1 aromatic heterocycles. The van der Waals surface area contributed by atoms with Gasteiger partial charge in [0.25, 0.3) is 0 Å². The van der Waals surface area contributed by atoms with Gasteiger partial charge in [0.1, 0.15) is 0 Å². The summed E-state index contributed by atoms with van der Waals surface area (Å²) in [5.41, 5.74) is 1.40. The molecule has 3 nitrogen and oxygen atoms in total. The second kappa shape index (κ2) is 4.87. The zero-order valence-electron chi connectivity index (χ0n) is 12.5. The van der Waals surface area contributed by atoms with Crippen LogP contribution in [-0.4, -0.2) is 23.3 Å². The Bertz CT molecular complexity index is 472. The Labute approximate surface area is 124 Å². The summed E-state index contributed by atoms with van der Waals surface area (Å²) in [6.07, 6.45) is 1.82. The molecule has 1 aliphatic rings. The van der Waals surface area contributed by atoms with Crippen molar-refractivity contribution in [2.75, 3.05) is 0 Å². The highest BCUT2D eigenvalue weighted by Gasteiger charge is 2.52. The van der Waals surface area contributed by atoms with E-state index in [9.17, 15) is 0 Å². The Morgan fingerprint density at radius 3 is 2.16 bits per heavy atom. The van der Waals surface area contributed by atoms with Gasteiger partial charge >= 0.3 is 7.12 Å². The minimum atomic E-state index is -0.354. The summed E-state index contributed by atoms with van der Waals surface area (Å²) < 4.78 is 13.2. The molecule has 19 heavy (non-hydrogen) atoms. The number of halogens is 1. The topological polar surface area (TPSA) is 31.4 Å². The maximum atomic E-state index is 6.11. The molecule has 5 heteroatoms. The minimum Gasteiger partial charge on any atom is -0.399 e. The summed E-state index contributed by atoms with van der Waals surface area (Å²) in [6.45, 7) is 12.5. The van der Waals surface area contributed by atoms with Crippen LogP contribution in [0.25, 0.3) is 0 Å². The lowest BCUT2D eigenvalue weighted by molar-refractivity contribution is 0.00578. The van der Waals surface area contributed by atoms with Crippen LogP contribution in [-0.2, 0) is 9.31 Å². The number of pyridine rings is 1. The summed E-state index contributed by atoms with van der Waals surface area (Å²) in [7, 11) is -0.354. The minimum absolute atomic E-state index is 0.325. The van der Waals surface area contributed by atoms with Crippen LogP contribution in [0.2, 0.25) is 0 Å². The maximum Gasteiger partial charge on any atom is 0.496 e. The van der Waals surface area contributed by atoms with Crippen LogP contribution in [0.3, 0.4) is 0 Å². The van der Waals surface area contributed by atoms with Gasteiger partial charge in [0.05, 0.1) is 11.2 Å². The van der Waals surface area contributed by atoms with Crippen LogP contribution in [0.1, 0.15) is 53.2 Å². The predicted octanol–water partition coefficient (Wildman–Crippen LogP) is 3.27. The van der Waals surface area contributed by atoms with Crippen molar-refractivity contribution in [2.45, 2.75) is 58.7 Å². The van der Waals surface area contributed by atoms with Gasteiger partial charge in [-0.15, -0.1) is 0 Å². The maximum absolute atomic E-state index is 6.11. The Morgan fingerprint density at radius 2 is 1.68 bits per heavy atom. The number of hydrogen-bond donors (Lipinski definition) is 0. The monoisotopic (exact) mass is 325 g/mol. The summed E-state index contributed by atoms with van der Waals surface area (Å²) in [5.74, 6) is 0.335. The number of hydrogen-bond acceptors (Lipinski definition) is 3. The van der Waals surface area contributed by atoms with E-state index in [1.807, 2.05) is 12.3 Å². The predicted molar refractivity (Wildman–Crippen MR) is 81.7 cm³/mol. The number of aromatic nitrogens is 1. The Kier molecular flexibility index (Phi) is 3.84. The van der Waals surface area contributed by atoms with Gasteiger partial charge in [-0.2, -0.15) is 0 Å². The van der Waals surface area contributed by atoms with Gasteiger partial charge < -0.3 is 9.31 Å². The van der Waals surface area contributed by atoms with E-state index in [2.05, 4.69) is 62.5 Å². The number of rotatable bonds is 2. The first kappa shape index (κ1) is 15.0. The fraction of sp³-hybridized carbons (Fsp3) is 0.643. The van der Waals surface area contributed by atoms with E-state index in [1.165, 1.54) is 0 Å². The molecule has 0 radical (unpaired) electrons. The molecule has 0 N–H and O–H groups in total. The zero-order valence-corrected chi connectivity index (χ0v) is 14.0.